The molecular weight excluding hydrogens is 154 g/mol. The highest BCUT2D eigenvalue weighted by atomic mass is 35.5. The van der Waals surface area contributed by atoms with Crippen molar-refractivity contribution in [2.24, 2.45) is 0 Å². The highest BCUT2D eigenvalue weighted by molar-refractivity contribution is 6.21. The van der Waals surface area contributed by atoms with Gasteiger partial charge in [0.2, 0.25) is 0 Å². The van der Waals surface area contributed by atoms with Gasteiger partial charge in [-0.1, -0.05) is 5.16 Å². The lowest BCUT2D eigenvalue weighted by Gasteiger charge is -1.96. The molecule has 0 N–H and O–H groups in total. The fourth-order valence-electron chi connectivity index (χ4n) is 0.589. The maximum atomic E-state index is 9.97. The third kappa shape index (κ3) is 1.57. The Labute approximate surface area is 63.0 Å². The smallest absolute Gasteiger partial charge is 0.124 e. The van der Waals surface area contributed by atoms with Crippen molar-refractivity contribution in [3.05, 3.63) is 18.0 Å². The molecule has 3 nitrogen and oxygen atoms in total. The first-order chi connectivity index (χ1) is 4.84. The van der Waals surface area contributed by atoms with Gasteiger partial charge in [0.25, 0.3) is 0 Å². The zero-order chi connectivity index (χ0) is 7.40. The molecule has 1 aromatic rings. The van der Waals surface area contributed by atoms with Gasteiger partial charge in [-0.05, 0) is 0 Å². The first-order valence-electron chi connectivity index (χ1n) is 2.82. The van der Waals surface area contributed by atoms with Gasteiger partial charge in [-0.3, -0.25) is 0 Å². The van der Waals surface area contributed by atoms with E-state index in [1.165, 1.54) is 6.26 Å². The van der Waals surface area contributed by atoms with Crippen LogP contribution in [0.1, 0.15) is 17.5 Å². The van der Waals surface area contributed by atoms with Crippen LogP contribution in [-0.4, -0.2) is 11.4 Å². The van der Waals surface area contributed by atoms with Gasteiger partial charge in [0.15, 0.2) is 0 Å². The van der Waals surface area contributed by atoms with Gasteiger partial charge in [-0.2, -0.15) is 0 Å². The second kappa shape index (κ2) is 3.37. The van der Waals surface area contributed by atoms with E-state index < -0.39 is 0 Å². The summed E-state index contributed by atoms with van der Waals surface area (Å²) in [5, 5.41) is 3.22. The normalized spacial score (nSPS) is 12.9. The first-order valence-corrected chi connectivity index (χ1v) is 3.26. The van der Waals surface area contributed by atoms with Crippen molar-refractivity contribution in [3.8, 4) is 0 Å². The van der Waals surface area contributed by atoms with Crippen LogP contribution < -0.4 is 0 Å². The maximum Gasteiger partial charge on any atom is 0.124 e. The van der Waals surface area contributed by atoms with E-state index in [4.69, 9.17) is 11.6 Å². The summed E-state index contributed by atoms with van der Waals surface area (Å²) >= 11 is 5.69. The van der Waals surface area contributed by atoms with Crippen LogP contribution in [0.5, 0.6) is 0 Å². The van der Waals surface area contributed by atoms with E-state index in [0.29, 0.717) is 5.69 Å². The molecule has 0 bridgehead atoms. The van der Waals surface area contributed by atoms with E-state index in [9.17, 15) is 4.79 Å². The highest BCUT2D eigenvalue weighted by Gasteiger charge is 2.08. The molecule has 0 aromatic carbocycles. The second-order valence-electron chi connectivity index (χ2n) is 1.79. The van der Waals surface area contributed by atoms with Crippen LogP contribution in [0.3, 0.4) is 0 Å². The Morgan fingerprint density at radius 1 is 1.90 bits per heavy atom. The number of alkyl halides is 1. The Hall–Kier alpha value is -0.830. The minimum Gasteiger partial charge on any atom is -0.364 e. The molecule has 1 aromatic heterocycles. The van der Waals surface area contributed by atoms with Crippen molar-refractivity contribution >= 4 is 17.9 Å². The van der Waals surface area contributed by atoms with Crippen LogP contribution in [0.2, 0.25) is 0 Å². The van der Waals surface area contributed by atoms with Crippen LogP contribution in [0.4, 0.5) is 0 Å². The standard InChI is InChI=1S/C6H6ClNO2/c7-5(1-3-9)6-2-4-10-8-6/h2-5H,1H2. The Morgan fingerprint density at radius 2 is 2.70 bits per heavy atom. The van der Waals surface area contributed by atoms with Crippen LogP contribution in [0, 0.1) is 0 Å². The molecule has 0 aliphatic rings. The number of carbonyl (C=O) groups is 1. The average molecular weight is 160 g/mol. The van der Waals surface area contributed by atoms with E-state index in [-0.39, 0.29) is 11.8 Å². The summed E-state index contributed by atoms with van der Waals surface area (Å²) in [5.74, 6) is 0. The minimum absolute atomic E-state index is 0.272. The number of aldehydes is 1. The van der Waals surface area contributed by atoms with E-state index in [0.717, 1.165) is 6.29 Å². The quantitative estimate of drug-likeness (QED) is 0.496. The van der Waals surface area contributed by atoms with Crippen molar-refractivity contribution in [1.29, 1.82) is 0 Å². The Balaban J connectivity index is 2.58. The number of carbonyl (C=O) groups excluding carboxylic acids is 1. The molecule has 0 saturated heterocycles. The molecule has 0 spiro atoms. The average Bonchev–Trinajstić information content (AvgIpc) is 2.38. The molecule has 0 amide bonds. The Kier molecular flexibility index (Phi) is 2.45. The lowest BCUT2D eigenvalue weighted by atomic mass is 10.2. The lowest BCUT2D eigenvalue weighted by molar-refractivity contribution is -0.107. The number of halogens is 1. The number of aromatic nitrogens is 1. The van der Waals surface area contributed by atoms with Crippen molar-refractivity contribution in [2.75, 3.05) is 0 Å². The summed E-state index contributed by atoms with van der Waals surface area (Å²) in [4.78, 5) is 9.97. The summed E-state index contributed by atoms with van der Waals surface area (Å²) in [5.41, 5.74) is 0.605. The summed E-state index contributed by atoms with van der Waals surface area (Å²) < 4.78 is 4.53. The summed E-state index contributed by atoms with van der Waals surface area (Å²) in [7, 11) is 0. The van der Waals surface area contributed by atoms with Gasteiger partial charge in [0.05, 0.1) is 5.38 Å². The predicted molar refractivity (Wildman–Crippen MR) is 35.8 cm³/mol. The molecule has 1 rings (SSSR count). The first kappa shape index (κ1) is 7.28. The van der Waals surface area contributed by atoms with Crippen molar-refractivity contribution in [3.63, 3.8) is 0 Å². The van der Waals surface area contributed by atoms with Crippen molar-refractivity contribution < 1.29 is 9.32 Å². The van der Waals surface area contributed by atoms with E-state index in [1.807, 2.05) is 0 Å². The lowest BCUT2D eigenvalue weighted by Crippen LogP contribution is -1.90. The molecule has 0 saturated carbocycles. The van der Waals surface area contributed by atoms with Crippen LogP contribution in [0.25, 0.3) is 0 Å². The van der Waals surface area contributed by atoms with E-state index in [1.54, 1.807) is 6.07 Å². The third-order valence-corrected chi connectivity index (χ3v) is 1.48. The zero-order valence-electron chi connectivity index (χ0n) is 5.16. The fraction of sp³-hybridized carbons (Fsp3) is 0.333. The molecule has 54 valence electrons. The van der Waals surface area contributed by atoms with E-state index in [2.05, 4.69) is 9.68 Å². The highest BCUT2D eigenvalue weighted by Crippen LogP contribution is 2.20. The molecule has 1 heterocycles. The molecular formula is C6H6ClNO2. The maximum absolute atomic E-state index is 9.97. The molecule has 10 heavy (non-hydrogen) atoms. The third-order valence-electron chi connectivity index (χ3n) is 1.08. The Morgan fingerprint density at radius 3 is 3.20 bits per heavy atom. The van der Waals surface area contributed by atoms with Gasteiger partial charge in [0, 0.05) is 12.5 Å². The SMILES string of the molecule is O=CCC(Cl)c1ccon1. The predicted octanol–water partition coefficient (Wildman–Crippen LogP) is 1.54. The molecule has 0 fully saturated rings. The van der Waals surface area contributed by atoms with Crippen molar-refractivity contribution in [2.45, 2.75) is 11.8 Å². The van der Waals surface area contributed by atoms with E-state index >= 15 is 0 Å². The van der Waals surface area contributed by atoms with Gasteiger partial charge >= 0.3 is 0 Å². The number of rotatable bonds is 3. The topological polar surface area (TPSA) is 43.1 Å². The number of nitrogens with zero attached hydrogens (tertiary/aromatic N) is 1. The molecule has 0 aliphatic carbocycles. The summed E-state index contributed by atoms with van der Waals surface area (Å²) in [6.07, 6.45) is 2.45. The fourth-order valence-corrected chi connectivity index (χ4v) is 0.774. The molecule has 0 aliphatic heterocycles. The van der Waals surface area contributed by atoms with Gasteiger partial charge in [-0.25, -0.2) is 0 Å². The van der Waals surface area contributed by atoms with Crippen LogP contribution in [-0.2, 0) is 4.79 Å². The number of hydrogen-bond acceptors (Lipinski definition) is 3. The molecule has 0 radical (unpaired) electrons. The van der Waals surface area contributed by atoms with Gasteiger partial charge < -0.3 is 9.32 Å². The summed E-state index contributed by atoms with van der Waals surface area (Å²) in [6.45, 7) is 0. The second-order valence-corrected chi connectivity index (χ2v) is 2.32. The number of hydrogen-bond donors (Lipinski definition) is 0. The van der Waals surface area contributed by atoms with Gasteiger partial charge in [-0.15, -0.1) is 11.6 Å². The minimum atomic E-state index is -0.351. The molecule has 4 heteroatoms. The summed E-state index contributed by atoms with van der Waals surface area (Å²) in [6, 6.07) is 1.64. The van der Waals surface area contributed by atoms with Crippen LogP contribution in [0.15, 0.2) is 16.9 Å². The van der Waals surface area contributed by atoms with Crippen LogP contribution >= 0.6 is 11.6 Å². The largest absolute Gasteiger partial charge is 0.364 e. The molecule has 1 atom stereocenters. The Bertz CT molecular complexity index is 198. The monoisotopic (exact) mass is 159 g/mol. The molecule has 1 unspecified atom stereocenters. The zero-order valence-corrected chi connectivity index (χ0v) is 5.91. The van der Waals surface area contributed by atoms with Gasteiger partial charge in [0.1, 0.15) is 18.2 Å². The van der Waals surface area contributed by atoms with Crippen molar-refractivity contribution in [1.82, 2.24) is 5.16 Å².